The summed E-state index contributed by atoms with van der Waals surface area (Å²) in [4.78, 5) is 18.4. The van der Waals surface area contributed by atoms with Gasteiger partial charge in [0.15, 0.2) is 6.54 Å². The number of nitrogens with zero attached hydrogens (tertiary/aromatic N) is 1. The lowest BCUT2D eigenvalue weighted by Crippen LogP contribution is -3.14. The maximum Gasteiger partial charge on any atom is 0.279 e. The molecule has 140 valence electrons. The van der Waals surface area contributed by atoms with Crippen LogP contribution >= 0.6 is 11.3 Å². The van der Waals surface area contributed by atoms with Gasteiger partial charge in [0.05, 0.1) is 34.9 Å². The number of fused-ring (bicyclic) bond motifs is 1. The molecule has 1 unspecified atom stereocenters. The van der Waals surface area contributed by atoms with E-state index in [1.165, 1.54) is 20.7 Å². The fourth-order valence-electron chi connectivity index (χ4n) is 3.73. The first kappa shape index (κ1) is 18.1. The number of hydrogen-bond acceptors (Lipinski definition) is 3. The van der Waals surface area contributed by atoms with Crippen molar-refractivity contribution in [3.05, 3.63) is 58.9 Å². The van der Waals surface area contributed by atoms with Gasteiger partial charge < -0.3 is 10.2 Å². The zero-order chi connectivity index (χ0) is 18.8. The molecule has 0 bridgehead atoms. The second-order valence-electron chi connectivity index (χ2n) is 7.27. The number of aryl methyl sites for hydroxylation is 1. The molecule has 6 heteroatoms. The number of aromatic nitrogens is 1. The number of carbonyl (C=O) groups excluding carboxylic acids is 1. The van der Waals surface area contributed by atoms with E-state index in [1.54, 1.807) is 23.5 Å². The van der Waals surface area contributed by atoms with Gasteiger partial charge in [0.25, 0.3) is 5.91 Å². The Morgan fingerprint density at radius 1 is 1.33 bits per heavy atom. The van der Waals surface area contributed by atoms with E-state index in [9.17, 15) is 9.18 Å². The van der Waals surface area contributed by atoms with Crippen molar-refractivity contribution in [1.82, 2.24) is 4.98 Å². The summed E-state index contributed by atoms with van der Waals surface area (Å²) in [6.45, 7) is 4.04. The second-order valence-corrected chi connectivity index (χ2v) is 8.33. The van der Waals surface area contributed by atoms with E-state index in [4.69, 9.17) is 4.98 Å². The second kappa shape index (κ2) is 7.74. The van der Waals surface area contributed by atoms with E-state index >= 15 is 0 Å². The van der Waals surface area contributed by atoms with E-state index < -0.39 is 0 Å². The highest BCUT2D eigenvalue weighted by Gasteiger charge is 2.28. The molecular formula is C21H23FN3OS+. The lowest BCUT2D eigenvalue weighted by Gasteiger charge is -2.28. The molecule has 0 aliphatic carbocycles. The minimum absolute atomic E-state index is 0.141. The fraction of sp³-hybridized carbons (Fsp3) is 0.333. The number of halogens is 1. The number of quaternary nitrogens is 1. The Hall–Kier alpha value is -2.31. The van der Waals surface area contributed by atoms with Gasteiger partial charge in [-0.3, -0.25) is 4.79 Å². The Morgan fingerprint density at radius 3 is 3.00 bits per heavy atom. The van der Waals surface area contributed by atoms with Crippen molar-refractivity contribution in [2.75, 3.05) is 25.0 Å². The minimum atomic E-state index is -0.385. The SMILES string of the molecule is Cc1ccc(NC(=O)C[NH+]2CCC[C@H](c3nc4ccccc4s3)C2)c(F)c1. The number of benzene rings is 2. The number of anilines is 1. The quantitative estimate of drug-likeness (QED) is 0.726. The Kier molecular flexibility index (Phi) is 5.18. The van der Waals surface area contributed by atoms with Crippen molar-refractivity contribution >= 4 is 33.1 Å². The summed E-state index contributed by atoms with van der Waals surface area (Å²) in [5, 5.41) is 3.88. The molecule has 0 spiro atoms. The standard InChI is InChI=1S/C21H22FN3OS/c1-14-8-9-17(16(22)11-14)23-20(26)13-25-10-4-5-15(12-25)21-24-18-6-2-3-7-19(18)27-21/h2-3,6-9,11,15H,4-5,10,12-13H2,1H3,(H,23,26)/p+1/t15-/m0/s1. The number of para-hydroxylation sites is 1. The van der Waals surface area contributed by atoms with Gasteiger partial charge in [0.1, 0.15) is 10.8 Å². The van der Waals surface area contributed by atoms with Crippen molar-refractivity contribution in [1.29, 1.82) is 0 Å². The maximum atomic E-state index is 13.9. The molecule has 1 aliphatic heterocycles. The van der Waals surface area contributed by atoms with E-state index in [0.29, 0.717) is 12.5 Å². The van der Waals surface area contributed by atoms with Gasteiger partial charge in [-0.15, -0.1) is 11.3 Å². The van der Waals surface area contributed by atoms with Crippen LogP contribution in [0.4, 0.5) is 10.1 Å². The van der Waals surface area contributed by atoms with Gasteiger partial charge in [-0.25, -0.2) is 9.37 Å². The average molecular weight is 385 g/mol. The Labute approximate surface area is 162 Å². The number of nitrogens with one attached hydrogen (secondary N) is 2. The zero-order valence-electron chi connectivity index (χ0n) is 15.3. The first-order valence-electron chi connectivity index (χ1n) is 9.33. The number of amides is 1. The van der Waals surface area contributed by atoms with Crippen molar-refractivity contribution < 1.29 is 14.1 Å². The molecule has 2 heterocycles. The van der Waals surface area contributed by atoms with Crippen molar-refractivity contribution in [3.63, 3.8) is 0 Å². The normalized spacial score (nSPS) is 19.9. The highest BCUT2D eigenvalue weighted by atomic mass is 32.1. The van der Waals surface area contributed by atoms with Gasteiger partial charge >= 0.3 is 0 Å². The highest BCUT2D eigenvalue weighted by molar-refractivity contribution is 7.18. The molecule has 2 N–H and O–H groups in total. The van der Waals surface area contributed by atoms with Gasteiger partial charge in [-0.05, 0) is 49.6 Å². The largest absolute Gasteiger partial charge is 0.327 e. The Balaban J connectivity index is 1.40. The predicted octanol–water partition coefficient (Wildman–Crippen LogP) is 3.14. The smallest absolute Gasteiger partial charge is 0.279 e. The van der Waals surface area contributed by atoms with Crippen molar-refractivity contribution in [2.24, 2.45) is 0 Å². The number of hydrogen-bond donors (Lipinski definition) is 2. The van der Waals surface area contributed by atoms with E-state index in [2.05, 4.69) is 11.4 Å². The van der Waals surface area contributed by atoms with E-state index in [-0.39, 0.29) is 17.4 Å². The summed E-state index contributed by atoms with van der Waals surface area (Å²) in [7, 11) is 0. The third kappa shape index (κ3) is 4.17. The number of piperidine rings is 1. The topological polar surface area (TPSA) is 46.4 Å². The minimum Gasteiger partial charge on any atom is -0.327 e. The van der Waals surface area contributed by atoms with Crippen molar-refractivity contribution in [3.8, 4) is 0 Å². The molecule has 1 aromatic heterocycles. The molecule has 3 aromatic rings. The molecule has 27 heavy (non-hydrogen) atoms. The average Bonchev–Trinajstić information content (AvgIpc) is 3.08. The molecular weight excluding hydrogens is 361 g/mol. The zero-order valence-corrected chi connectivity index (χ0v) is 16.1. The summed E-state index contributed by atoms with van der Waals surface area (Å²) < 4.78 is 15.2. The Bertz CT molecular complexity index is 938. The molecule has 1 fully saturated rings. The number of thiazole rings is 1. The van der Waals surface area contributed by atoms with Crippen LogP contribution < -0.4 is 10.2 Å². The van der Waals surface area contributed by atoms with Gasteiger partial charge in [0.2, 0.25) is 0 Å². The molecule has 1 aliphatic rings. The first-order chi connectivity index (χ1) is 13.1. The third-order valence-electron chi connectivity index (χ3n) is 5.09. The summed E-state index contributed by atoms with van der Waals surface area (Å²) in [5.41, 5.74) is 2.15. The molecule has 2 atom stereocenters. The number of carbonyl (C=O) groups is 1. The predicted molar refractivity (Wildman–Crippen MR) is 107 cm³/mol. The van der Waals surface area contributed by atoms with Crippen molar-refractivity contribution in [2.45, 2.75) is 25.7 Å². The van der Waals surface area contributed by atoms with Crippen LogP contribution in [0.2, 0.25) is 0 Å². The molecule has 0 saturated carbocycles. The van der Waals surface area contributed by atoms with Crippen LogP contribution in [0, 0.1) is 12.7 Å². The number of likely N-dealkylation sites (tertiary alicyclic amines) is 1. The van der Waals surface area contributed by atoms with Gasteiger partial charge in [-0.2, -0.15) is 0 Å². The third-order valence-corrected chi connectivity index (χ3v) is 6.29. The lowest BCUT2D eigenvalue weighted by atomic mass is 9.99. The van der Waals surface area contributed by atoms with E-state index in [1.807, 2.05) is 25.1 Å². The lowest BCUT2D eigenvalue weighted by molar-refractivity contribution is -0.898. The molecule has 1 amide bonds. The van der Waals surface area contributed by atoms with Gasteiger partial charge in [0, 0.05) is 0 Å². The number of rotatable bonds is 4. The fourth-order valence-corrected chi connectivity index (χ4v) is 4.83. The molecule has 4 nitrogen and oxygen atoms in total. The summed E-state index contributed by atoms with van der Waals surface area (Å²) in [5.74, 6) is -0.142. The van der Waals surface area contributed by atoms with Crippen LogP contribution in [-0.2, 0) is 4.79 Å². The molecule has 1 saturated heterocycles. The van der Waals surface area contributed by atoms with Gasteiger partial charge in [-0.1, -0.05) is 18.2 Å². The van der Waals surface area contributed by atoms with Crippen LogP contribution in [0.25, 0.3) is 10.2 Å². The van der Waals surface area contributed by atoms with Crippen LogP contribution in [0.3, 0.4) is 0 Å². The van der Waals surface area contributed by atoms with Crippen LogP contribution in [0.1, 0.15) is 29.3 Å². The summed E-state index contributed by atoms with van der Waals surface area (Å²) in [6.07, 6.45) is 2.18. The maximum absolute atomic E-state index is 13.9. The summed E-state index contributed by atoms with van der Waals surface area (Å²) in [6, 6.07) is 13.1. The monoisotopic (exact) mass is 384 g/mol. The van der Waals surface area contributed by atoms with Crippen LogP contribution in [0.15, 0.2) is 42.5 Å². The molecule has 4 rings (SSSR count). The van der Waals surface area contributed by atoms with Crippen LogP contribution in [-0.4, -0.2) is 30.5 Å². The van der Waals surface area contributed by atoms with E-state index in [0.717, 1.165) is 37.0 Å². The first-order valence-corrected chi connectivity index (χ1v) is 10.1. The Morgan fingerprint density at radius 2 is 2.19 bits per heavy atom. The van der Waals surface area contributed by atoms with Crippen LogP contribution in [0.5, 0.6) is 0 Å². The highest BCUT2D eigenvalue weighted by Crippen LogP contribution is 2.30. The molecule has 2 aromatic carbocycles. The summed E-state index contributed by atoms with van der Waals surface area (Å²) >= 11 is 1.76. The molecule has 0 radical (unpaired) electrons.